The van der Waals surface area contributed by atoms with E-state index in [2.05, 4.69) is 22.8 Å². The van der Waals surface area contributed by atoms with Crippen LogP contribution in [0.5, 0.6) is 0 Å². The highest BCUT2D eigenvalue weighted by molar-refractivity contribution is 7.93. The van der Waals surface area contributed by atoms with E-state index in [-0.39, 0.29) is 6.54 Å². The number of nitrogens with zero attached hydrogens (tertiary/aromatic N) is 1. The first kappa shape index (κ1) is 16.1. The summed E-state index contributed by atoms with van der Waals surface area (Å²) < 4.78 is 17.5. The first-order chi connectivity index (χ1) is 10.7. The summed E-state index contributed by atoms with van der Waals surface area (Å²) >= 11 is 0. The Bertz CT molecular complexity index is 776. The van der Waals surface area contributed by atoms with Crippen molar-refractivity contribution in [2.24, 2.45) is 4.36 Å². The summed E-state index contributed by atoms with van der Waals surface area (Å²) in [6, 6.07) is 19.1. The summed E-state index contributed by atoms with van der Waals surface area (Å²) in [6.07, 6.45) is 2.44. The molecule has 0 radical (unpaired) electrons. The Kier molecular flexibility index (Phi) is 6.00. The lowest BCUT2D eigenvalue weighted by molar-refractivity contribution is 0.675. The van der Waals surface area contributed by atoms with Gasteiger partial charge in [-0.15, -0.1) is 6.58 Å². The fourth-order valence-electron chi connectivity index (χ4n) is 1.93. The van der Waals surface area contributed by atoms with Gasteiger partial charge in [0.2, 0.25) is 0 Å². The quantitative estimate of drug-likeness (QED) is 0.603. The van der Waals surface area contributed by atoms with Crippen LogP contribution >= 0.6 is 0 Å². The highest BCUT2D eigenvalue weighted by atomic mass is 32.2. The fourth-order valence-corrected chi connectivity index (χ4v) is 3.79. The molecule has 0 heterocycles. The molecule has 3 heteroatoms. The molecule has 2 aromatic carbocycles. The van der Waals surface area contributed by atoms with E-state index in [4.69, 9.17) is 0 Å². The van der Waals surface area contributed by atoms with Crippen molar-refractivity contribution in [3.63, 3.8) is 0 Å². The molecule has 1 unspecified atom stereocenters. The van der Waals surface area contributed by atoms with Crippen LogP contribution in [0.1, 0.15) is 12.0 Å². The molecule has 0 amide bonds. The van der Waals surface area contributed by atoms with E-state index in [9.17, 15) is 4.21 Å². The molecule has 0 aliphatic carbocycles. The van der Waals surface area contributed by atoms with Gasteiger partial charge >= 0.3 is 0 Å². The van der Waals surface area contributed by atoms with Crippen molar-refractivity contribution in [3.05, 3.63) is 78.9 Å². The molecule has 0 N–H and O–H groups in total. The number of hydrogen-bond acceptors (Lipinski definition) is 2. The minimum atomic E-state index is -2.43. The Morgan fingerprint density at radius 2 is 1.68 bits per heavy atom. The van der Waals surface area contributed by atoms with Crippen LogP contribution in [0.15, 0.2) is 82.6 Å². The Morgan fingerprint density at radius 1 is 1.05 bits per heavy atom. The normalized spacial score (nSPS) is 12.5. The van der Waals surface area contributed by atoms with E-state index in [1.165, 1.54) is 0 Å². The Balaban J connectivity index is 2.21. The van der Waals surface area contributed by atoms with E-state index in [1.807, 2.05) is 60.7 Å². The van der Waals surface area contributed by atoms with Crippen molar-refractivity contribution in [1.82, 2.24) is 0 Å². The molecule has 0 saturated carbocycles. The number of hydrogen-bond donors (Lipinski definition) is 0. The number of rotatable bonds is 5. The van der Waals surface area contributed by atoms with Crippen molar-refractivity contribution in [1.29, 1.82) is 0 Å². The maximum absolute atomic E-state index is 13.1. The molecule has 1 atom stereocenters. The summed E-state index contributed by atoms with van der Waals surface area (Å²) in [6.45, 7) is 3.96. The van der Waals surface area contributed by atoms with Crippen LogP contribution in [0.4, 0.5) is 0 Å². The zero-order valence-electron chi connectivity index (χ0n) is 12.4. The van der Waals surface area contributed by atoms with E-state index < -0.39 is 9.73 Å². The van der Waals surface area contributed by atoms with Crippen molar-refractivity contribution in [3.8, 4) is 11.8 Å². The van der Waals surface area contributed by atoms with Crippen LogP contribution in [0.3, 0.4) is 0 Å². The Morgan fingerprint density at radius 3 is 2.32 bits per heavy atom. The van der Waals surface area contributed by atoms with Crippen LogP contribution in [0.25, 0.3) is 0 Å². The lowest BCUT2D eigenvalue weighted by Crippen LogP contribution is -2.07. The second-order valence-electron chi connectivity index (χ2n) is 4.69. The summed E-state index contributed by atoms with van der Waals surface area (Å²) in [5.74, 6) is 6.50. The number of benzene rings is 2. The van der Waals surface area contributed by atoms with Gasteiger partial charge in [-0.25, -0.2) is 8.57 Å². The summed E-state index contributed by atoms with van der Waals surface area (Å²) in [7, 11) is -2.43. The minimum Gasteiger partial charge on any atom is -0.245 e. The Labute approximate surface area is 133 Å². The fraction of sp³-hybridized carbons (Fsp3) is 0.158. The minimum absolute atomic E-state index is 0.264. The molecule has 0 fully saturated rings. The third-order valence-corrected chi connectivity index (χ3v) is 5.41. The Hall–Kier alpha value is -2.31. The standard InChI is InChI=1S/C19H19NOS/c1-2-3-17-22(21,19-14-8-5-9-15-19)20-16-10-13-18-11-6-4-7-12-18/h2,4-9,11-12,14-15H,1,3,16-17H2. The van der Waals surface area contributed by atoms with Crippen molar-refractivity contribution in [2.45, 2.75) is 11.3 Å². The lowest BCUT2D eigenvalue weighted by Gasteiger charge is -2.08. The predicted octanol–water partition coefficient (Wildman–Crippen LogP) is 4.14. The molecular formula is C19H19NOS. The highest BCUT2D eigenvalue weighted by Gasteiger charge is 2.10. The van der Waals surface area contributed by atoms with Crippen molar-refractivity contribution < 1.29 is 4.21 Å². The molecule has 0 spiro atoms. The third kappa shape index (κ3) is 4.61. The zero-order chi connectivity index (χ0) is 15.7. The SMILES string of the molecule is C=CCCS(=O)(=NCC#Cc1ccccc1)c1ccccc1. The molecule has 0 saturated heterocycles. The van der Waals surface area contributed by atoms with Crippen molar-refractivity contribution >= 4 is 9.73 Å². The van der Waals surface area contributed by atoms with Gasteiger partial charge in [0.25, 0.3) is 0 Å². The maximum atomic E-state index is 13.1. The van der Waals surface area contributed by atoms with Gasteiger partial charge in [0, 0.05) is 16.2 Å². The van der Waals surface area contributed by atoms with Crippen LogP contribution in [-0.4, -0.2) is 16.5 Å². The molecule has 2 aromatic rings. The smallest absolute Gasteiger partial charge is 0.110 e. The van der Waals surface area contributed by atoms with Crippen LogP contribution < -0.4 is 0 Å². The van der Waals surface area contributed by atoms with Gasteiger partial charge in [-0.2, -0.15) is 0 Å². The van der Waals surface area contributed by atoms with Gasteiger partial charge in [0.15, 0.2) is 0 Å². The van der Waals surface area contributed by atoms with Gasteiger partial charge in [0.05, 0.1) is 9.73 Å². The zero-order valence-corrected chi connectivity index (χ0v) is 13.3. The first-order valence-electron chi connectivity index (χ1n) is 7.15. The summed E-state index contributed by atoms with van der Waals surface area (Å²) in [5, 5.41) is 0. The maximum Gasteiger partial charge on any atom is 0.110 e. The first-order valence-corrected chi connectivity index (χ1v) is 8.83. The van der Waals surface area contributed by atoms with Crippen LogP contribution in [0, 0.1) is 11.8 Å². The van der Waals surface area contributed by atoms with Crippen LogP contribution in [0.2, 0.25) is 0 Å². The largest absolute Gasteiger partial charge is 0.245 e. The van der Waals surface area contributed by atoms with E-state index in [0.29, 0.717) is 12.2 Å². The average molecular weight is 309 g/mol. The second-order valence-corrected chi connectivity index (χ2v) is 7.11. The second kappa shape index (κ2) is 8.21. The van der Waals surface area contributed by atoms with Gasteiger partial charge < -0.3 is 0 Å². The molecule has 0 aliphatic heterocycles. The van der Waals surface area contributed by atoms with Gasteiger partial charge in [-0.05, 0) is 30.7 Å². The van der Waals surface area contributed by atoms with E-state index >= 15 is 0 Å². The highest BCUT2D eigenvalue weighted by Crippen LogP contribution is 2.14. The molecule has 2 nitrogen and oxygen atoms in total. The van der Waals surface area contributed by atoms with Gasteiger partial charge in [0.1, 0.15) is 6.54 Å². The summed E-state index contributed by atoms with van der Waals surface area (Å²) in [5.41, 5.74) is 0.940. The van der Waals surface area contributed by atoms with Gasteiger partial charge in [-0.1, -0.05) is 54.3 Å². The van der Waals surface area contributed by atoms with Gasteiger partial charge in [-0.3, -0.25) is 0 Å². The van der Waals surface area contributed by atoms with E-state index in [1.54, 1.807) is 6.08 Å². The molecule has 0 bridgehead atoms. The molecule has 0 aromatic heterocycles. The molecule has 0 aliphatic rings. The van der Waals surface area contributed by atoms with Crippen molar-refractivity contribution in [2.75, 3.05) is 12.3 Å². The average Bonchev–Trinajstić information content (AvgIpc) is 2.59. The third-order valence-electron chi connectivity index (χ3n) is 3.07. The molecular weight excluding hydrogens is 290 g/mol. The van der Waals surface area contributed by atoms with Crippen LogP contribution in [-0.2, 0) is 9.73 Å². The number of allylic oxidation sites excluding steroid dienone is 1. The predicted molar refractivity (Wildman–Crippen MR) is 93.1 cm³/mol. The topological polar surface area (TPSA) is 29.4 Å². The molecule has 112 valence electrons. The summed E-state index contributed by atoms with van der Waals surface area (Å²) in [4.78, 5) is 0.762. The molecule has 22 heavy (non-hydrogen) atoms. The monoisotopic (exact) mass is 309 g/mol. The van der Waals surface area contributed by atoms with E-state index in [0.717, 1.165) is 10.5 Å². The molecule has 2 rings (SSSR count). The lowest BCUT2D eigenvalue weighted by atomic mass is 10.2.